The van der Waals surface area contributed by atoms with Gasteiger partial charge < -0.3 is 11.5 Å². The lowest BCUT2D eigenvalue weighted by Gasteiger charge is -2.20. The van der Waals surface area contributed by atoms with Gasteiger partial charge in [-0.25, -0.2) is 0 Å². The molecule has 22 heavy (non-hydrogen) atoms. The third kappa shape index (κ3) is 3.37. The molecule has 0 saturated heterocycles. The maximum atomic E-state index is 12.7. The molecule has 0 aliphatic heterocycles. The van der Waals surface area contributed by atoms with Crippen molar-refractivity contribution in [3.8, 4) is 0 Å². The van der Waals surface area contributed by atoms with Crippen LogP contribution in [0.1, 0.15) is 36.8 Å². The second kappa shape index (κ2) is 6.59. The molecular formula is C17H18Cl2N2O. The van der Waals surface area contributed by atoms with Crippen molar-refractivity contribution in [1.82, 2.24) is 0 Å². The molecule has 0 amide bonds. The Labute approximate surface area is 140 Å². The Balaban J connectivity index is 2.29. The maximum absolute atomic E-state index is 12.7. The van der Waals surface area contributed by atoms with Gasteiger partial charge in [0.1, 0.15) is 5.78 Å². The lowest BCUT2D eigenvalue weighted by Crippen LogP contribution is -2.18. The van der Waals surface area contributed by atoms with Gasteiger partial charge in [0.15, 0.2) is 0 Å². The quantitative estimate of drug-likeness (QED) is 0.799. The molecule has 0 aromatic heterocycles. The molecule has 2 rings (SSSR count). The number of carbonyl (C=O) groups excluding carboxylic acids is 1. The highest BCUT2D eigenvalue weighted by Gasteiger charge is 2.25. The number of anilines is 2. The van der Waals surface area contributed by atoms with E-state index in [0.717, 1.165) is 11.1 Å². The largest absolute Gasteiger partial charge is 0.398 e. The molecule has 0 fully saturated rings. The summed E-state index contributed by atoms with van der Waals surface area (Å²) in [5.74, 6) is -0.646. The highest BCUT2D eigenvalue weighted by atomic mass is 35.5. The third-order valence-electron chi connectivity index (χ3n) is 3.88. The fourth-order valence-electron chi connectivity index (χ4n) is 2.56. The first kappa shape index (κ1) is 16.7. The molecule has 2 aromatic rings. The number of nitrogen functional groups attached to an aromatic ring is 2. The zero-order chi connectivity index (χ0) is 16.4. The van der Waals surface area contributed by atoms with Crippen molar-refractivity contribution in [3.63, 3.8) is 0 Å². The summed E-state index contributed by atoms with van der Waals surface area (Å²) >= 11 is 11.8. The fraction of sp³-hybridized carbons (Fsp3) is 0.235. The molecule has 0 bridgehead atoms. The van der Waals surface area contributed by atoms with Crippen molar-refractivity contribution < 1.29 is 4.79 Å². The van der Waals surface area contributed by atoms with Crippen molar-refractivity contribution in [2.45, 2.75) is 25.7 Å². The molecule has 0 spiro atoms. The Bertz CT molecular complexity index is 656. The van der Waals surface area contributed by atoms with Crippen LogP contribution in [0, 0.1) is 0 Å². The first-order valence-electron chi connectivity index (χ1n) is 6.94. The SMILES string of the molecule is CC(C(=O)C(C)c1ccc(Cl)cc1N)c1ccc(Cl)cc1N. The highest BCUT2D eigenvalue weighted by molar-refractivity contribution is 6.31. The van der Waals surface area contributed by atoms with Gasteiger partial charge in [-0.1, -0.05) is 49.2 Å². The van der Waals surface area contributed by atoms with Gasteiger partial charge in [-0.3, -0.25) is 4.79 Å². The summed E-state index contributed by atoms with van der Waals surface area (Å²) in [7, 11) is 0. The molecule has 0 heterocycles. The molecule has 2 unspecified atom stereocenters. The van der Waals surface area contributed by atoms with Crippen molar-refractivity contribution >= 4 is 40.4 Å². The van der Waals surface area contributed by atoms with E-state index in [1.807, 2.05) is 13.8 Å². The van der Waals surface area contributed by atoms with Gasteiger partial charge in [-0.2, -0.15) is 0 Å². The van der Waals surface area contributed by atoms with Crippen molar-refractivity contribution in [1.29, 1.82) is 0 Å². The summed E-state index contributed by atoms with van der Waals surface area (Å²) in [6, 6.07) is 10.4. The molecule has 4 N–H and O–H groups in total. The highest BCUT2D eigenvalue weighted by Crippen LogP contribution is 2.33. The maximum Gasteiger partial charge on any atom is 0.147 e. The standard InChI is InChI=1S/C17H18Cl2N2O/c1-9(13-5-3-11(18)7-15(13)20)17(22)10(2)14-6-4-12(19)8-16(14)21/h3-10H,20-21H2,1-2H3. The number of ketones is 1. The molecule has 2 atom stereocenters. The Kier molecular flexibility index (Phi) is 4.99. The lowest BCUT2D eigenvalue weighted by molar-refractivity contribution is -0.121. The van der Waals surface area contributed by atoms with E-state index in [1.165, 1.54) is 0 Å². The molecule has 3 nitrogen and oxygen atoms in total. The number of hydrogen-bond acceptors (Lipinski definition) is 3. The Morgan fingerprint density at radius 3 is 1.55 bits per heavy atom. The molecule has 2 aromatic carbocycles. The van der Waals surface area contributed by atoms with Crippen LogP contribution in [0.4, 0.5) is 11.4 Å². The van der Waals surface area contributed by atoms with Crippen LogP contribution in [0.5, 0.6) is 0 Å². The number of halogens is 2. The Morgan fingerprint density at radius 1 is 0.864 bits per heavy atom. The molecule has 5 heteroatoms. The molecule has 116 valence electrons. The summed E-state index contributed by atoms with van der Waals surface area (Å²) in [5, 5.41) is 1.10. The average Bonchev–Trinajstić information content (AvgIpc) is 2.45. The molecular weight excluding hydrogens is 319 g/mol. The monoisotopic (exact) mass is 336 g/mol. The average molecular weight is 337 g/mol. The van der Waals surface area contributed by atoms with Crippen LogP contribution in [0.2, 0.25) is 10.0 Å². The summed E-state index contributed by atoms with van der Waals surface area (Å²) in [6.45, 7) is 3.68. The third-order valence-corrected chi connectivity index (χ3v) is 4.35. The normalized spacial score (nSPS) is 13.6. The lowest BCUT2D eigenvalue weighted by atomic mass is 9.84. The van der Waals surface area contributed by atoms with Crippen LogP contribution in [0.15, 0.2) is 36.4 Å². The van der Waals surface area contributed by atoms with E-state index in [9.17, 15) is 4.79 Å². The summed E-state index contributed by atoms with van der Waals surface area (Å²) in [5.41, 5.74) is 14.5. The number of benzene rings is 2. The van der Waals surface area contributed by atoms with Crippen molar-refractivity contribution in [3.05, 3.63) is 57.6 Å². The Morgan fingerprint density at radius 2 is 1.23 bits per heavy atom. The first-order valence-corrected chi connectivity index (χ1v) is 7.70. The van der Waals surface area contributed by atoms with E-state index in [-0.39, 0.29) is 17.6 Å². The summed E-state index contributed by atoms with van der Waals surface area (Å²) < 4.78 is 0. The van der Waals surface area contributed by atoms with Gasteiger partial charge in [0.05, 0.1) is 0 Å². The molecule has 0 radical (unpaired) electrons. The van der Waals surface area contributed by atoms with Gasteiger partial charge in [-0.15, -0.1) is 0 Å². The Hall–Kier alpha value is -1.71. The second-order valence-electron chi connectivity index (χ2n) is 5.39. The van der Waals surface area contributed by atoms with Crippen LogP contribution in [-0.4, -0.2) is 5.78 Å². The van der Waals surface area contributed by atoms with E-state index in [4.69, 9.17) is 34.7 Å². The van der Waals surface area contributed by atoms with Crippen molar-refractivity contribution in [2.75, 3.05) is 11.5 Å². The van der Waals surface area contributed by atoms with E-state index < -0.39 is 0 Å². The molecule has 0 aliphatic carbocycles. The number of hydrogen-bond donors (Lipinski definition) is 2. The minimum atomic E-state index is -0.345. The smallest absolute Gasteiger partial charge is 0.147 e. The summed E-state index contributed by atoms with van der Waals surface area (Å²) in [4.78, 5) is 12.7. The van der Waals surface area contributed by atoms with Crippen LogP contribution in [-0.2, 0) is 4.79 Å². The number of carbonyl (C=O) groups is 1. The number of rotatable bonds is 4. The minimum Gasteiger partial charge on any atom is -0.398 e. The van der Waals surface area contributed by atoms with Gasteiger partial charge in [0.25, 0.3) is 0 Å². The van der Waals surface area contributed by atoms with Gasteiger partial charge in [-0.05, 0) is 35.4 Å². The first-order chi connectivity index (χ1) is 10.3. The number of Topliss-reactive ketones (excluding diaryl/α,β-unsaturated/α-hetero) is 1. The van der Waals surface area contributed by atoms with Crippen molar-refractivity contribution in [2.24, 2.45) is 0 Å². The fourth-order valence-corrected chi connectivity index (χ4v) is 2.92. The molecule has 0 saturated carbocycles. The van der Waals surface area contributed by atoms with Crippen LogP contribution in [0.25, 0.3) is 0 Å². The van der Waals surface area contributed by atoms with E-state index in [1.54, 1.807) is 36.4 Å². The van der Waals surface area contributed by atoms with E-state index >= 15 is 0 Å². The topological polar surface area (TPSA) is 69.1 Å². The number of nitrogens with two attached hydrogens (primary N) is 2. The summed E-state index contributed by atoms with van der Waals surface area (Å²) in [6.07, 6.45) is 0. The van der Waals surface area contributed by atoms with Crippen LogP contribution < -0.4 is 11.5 Å². The zero-order valence-corrected chi connectivity index (χ0v) is 13.9. The predicted octanol–water partition coefficient (Wildman–Crippen LogP) is 4.63. The minimum absolute atomic E-state index is 0.0445. The van der Waals surface area contributed by atoms with Gasteiger partial charge in [0, 0.05) is 33.3 Å². The zero-order valence-electron chi connectivity index (χ0n) is 12.4. The van der Waals surface area contributed by atoms with E-state index in [2.05, 4.69) is 0 Å². The van der Waals surface area contributed by atoms with Gasteiger partial charge in [0.2, 0.25) is 0 Å². The molecule has 0 aliphatic rings. The van der Waals surface area contributed by atoms with Gasteiger partial charge >= 0.3 is 0 Å². The van der Waals surface area contributed by atoms with E-state index in [0.29, 0.717) is 21.4 Å². The second-order valence-corrected chi connectivity index (χ2v) is 6.27. The predicted molar refractivity (Wildman–Crippen MR) is 93.6 cm³/mol. The van der Waals surface area contributed by atoms with Crippen LogP contribution >= 0.6 is 23.2 Å². The van der Waals surface area contributed by atoms with Crippen LogP contribution in [0.3, 0.4) is 0 Å².